The molecular weight excluding hydrogens is 281 g/mol. The fourth-order valence-electron chi connectivity index (χ4n) is 1.36. The normalized spacial score (nSPS) is 9.47. The predicted octanol–water partition coefficient (Wildman–Crippen LogP) is 2.04. The maximum absolute atomic E-state index is 10.6. The molecule has 0 saturated carbocycles. The molecule has 0 spiro atoms. The molecule has 0 aliphatic carbocycles. The zero-order chi connectivity index (χ0) is 12.7. The molecule has 1 heterocycles. The highest BCUT2D eigenvalue weighted by Crippen LogP contribution is 2.15. The van der Waals surface area contributed by atoms with Gasteiger partial charge in [-0.2, -0.15) is 0 Å². The highest BCUT2D eigenvalue weighted by molar-refractivity contribution is 9.10. The Kier molecular flexibility index (Phi) is 5.71. The van der Waals surface area contributed by atoms with Crippen molar-refractivity contribution >= 4 is 34.7 Å². The molecular formula is C11H13BBrN3O. The van der Waals surface area contributed by atoms with Gasteiger partial charge in [-0.05, 0) is 34.4 Å². The lowest BCUT2D eigenvalue weighted by Crippen LogP contribution is -2.29. The van der Waals surface area contributed by atoms with E-state index in [4.69, 9.17) is 5.26 Å². The van der Waals surface area contributed by atoms with E-state index < -0.39 is 0 Å². The van der Waals surface area contributed by atoms with E-state index in [9.17, 15) is 4.79 Å². The summed E-state index contributed by atoms with van der Waals surface area (Å²) in [6.45, 7) is 2.81. The summed E-state index contributed by atoms with van der Waals surface area (Å²) in [5.41, 5.74) is 0. The highest BCUT2D eigenvalue weighted by atomic mass is 79.9. The van der Waals surface area contributed by atoms with Crippen LogP contribution in [0.25, 0.3) is 0 Å². The van der Waals surface area contributed by atoms with Gasteiger partial charge in [-0.15, -0.1) is 0 Å². The van der Waals surface area contributed by atoms with Crippen LogP contribution in [0.1, 0.15) is 0 Å². The number of anilines is 1. The van der Waals surface area contributed by atoms with Crippen LogP contribution in [0.4, 0.5) is 5.82 Å². The van der Waals surface area contributed by atoms with Crippen LogP contribution in [0.3, 0.4) is 0 Å². The van der Waals surface area contributed by atoms with Crippen LogP contribution in [-0.2, 0) is 4.79 Å². The molecule has 17 heavy (non-hydrogen) atoms. The highest BCUT2D eigenvalue weighted by Gasteiger charge is 2.11. The summed E-state index contributed by atoms with van der Waals surface area (Å²) in [5.74, 6) is 2.94. The molecule has 6 heteroatoms. The third kappa shape index (κ3) is 4.57. The van der Waals surface area contributed by atoms with Crippen molar-refractivity contribution in [3.05, 3.63) is 22.8 Å². The Morgan fingerprint density at radius 1 is 1.65 bits per heavy atom. The molecule has 0 radical (unpaired) electrons. The largest absolute Gasteiger partial charge is 0.350 e. The van der Waals surface area contributed by atoms with Crippen molar-refractivity contribution in [3.63, 3.8) is 0 Å². The van der Waals surface area contributed by atoms with Gasteiger partial charge in [-0.3, -0.25) is 0 Å². The molecule has 0 saturated heterocycles. The molecule has 0 aliphatic rings. The summed E-state index contributed by atoms with van der Waals surface area (Å²) in [5, 5.41) is 8.72. The second-order valence-electron chi connectivity index (χ2n) is 3.77. The van der Waals surface area contributed by atoms with Crippen molar-refractivity contribution < 1.29 is 4.79 Å². The summed E-state index contributed by atoms with van der Waals surface area (Å²) >= 11 is 3.31. The van der Waals surface area contributed by atoms with E-state index in [1.165, 1.54) is 0 Å². The topological polar surface area (TPSA) is 57.0 Å². The van der Waals surface area contributed by atoms with Crippen LogP contribution in [0.2, 0.25) is 13.1 Å². The lowest BCUT2D eigenvalue weighted by Gasteiger charge is -2.21. The van der Waals surface area contributed by atoms with Crippen molar-refractivity contribution in [2.24, 2.45) is 0 Å². The van der Waals surface area contributed by atoms with Gasteiger partial charge in [0.05, 0.1) is 6.54 Å². The van der Waals surface area contributed by atoms with Crippen molar-refractivity contribution in [2.75, 3.05) is 18.0 Å². The Morgan fingerprint density at radius 2 is 2.41 bits per heavy atom. The van der Waals surface area contributed by atoms with Crippen LogP contribution in [0.15, 0.2) is 22.8 Å². The van der Waals surface area contributed by atoms with Crippen molar-refractivity contribution in [2.45, 2.75) is 13.1 Å². The van der Waals surface area contributed by atoms with E-state index in [1.807, 2.05) is 23.9 Å². The third-order valence-electron chi connectivity index (χ3n) is 2.38. The van der Waals surface area contributed by atoms with Crippen molar-refractivity contribution in [1.82, 2.24) is 4.98 Å². The molecule has 0 fully saturated rings. The zero-order valence-corrected chi connectivity index (χ0v) is 11.2. The van der Waals surface area contributed by atoms with Crippen LogP contribution < -0.4 is 4.90 Å². The number of rotatable bonds is 6. The van der Waals surface area contributed by atoms with E-state index in [0.717, 1.165) is 22.9 Å². The Balaban J connectivity index is 2.68. The number of nitrogens with zero attached hydrogens (tertiary/aromatic N) is 3. The number of aldehydes is 1. The number of hydrogen-bond donors (Lipinski definition) is 0. The van der Waals surface area contributed by atoms with Gasteiger partial charge in [0, 0.05) is 23.2 Å². The van der Waals surface area contributed by atoms with Crippen LogP contribution >= 0.6 is 15.9 Å². The number of aromatic nitrogens is 1. The van der Waals surface area contributed by atoms with Crippen molar-refractivity contribution in [3.8, 4) is 5.97 Å². The zero-order valence-electron chi connectivity index (χ0n) is 9.64. The SMILES string of the molecule is CB(C#N)CCN(CC=O)c1ccc(Br)cn1. The fraction of sp³-hybridized carbons (Fsp3) is 0.364. The predicted molar refractivity (Wildman–Crippen MR) is 72.3 cm³/mol. The minimum absolute atomic E-state index is 0.0143. The monoisotopic (exact) mass is 293 g/mol. The van der Waals surface area contributed by atoms with E-state index in [-0.39, 0.29) is 6.71 Å². The molecule has 0 atom stereocenters. The summed E-state index contributed by atoms with van der Waals surface area (Å²) in [6.07, 6.45) is 3.27. The first-order chi connectivity index (χ1) is 8.17. The molecule has 0 aliphatic heterocycles. The third-order valence-corrected chi connectivity index (χ3v) is 2.85. The first kappa shape index (κ1) is 13.7. The van der Waals surface area contributed by atoms with E-state index in [1.54, 1.807) is 6.20 Å². The fourth-order valence-corrected chi connectivity index (χ4v) is 1.59. The van der Waals surface area contributed by atoms with Crippen LogP contribution in [0.5, 0.6) is 0 Å². The Labute approximate surface area is 110 Å². The number of nitriles is 1. The van der Waals surface area contributed by atoms with Gasteiger partial charge in [0.15, 0.2) is 0 Å². The van der Waals surface area contributed by atoms with Gasteiger partial charge < -0.3 is 9.69 Å². The Morgan fingerprint density at radius 3 is 2.94 bits per heavy atom. The maximum Gasteiger partial charge on any atom is 0.266 e. The number of halogens is 1. The molecule has 0 amide bonds. The summed E-state index contributed by atoms with van der Waals surface area (Å²) in [4.78, 5) is 16.7. The molecule has 1 aromatic heterocycles. The summed E-state index contributed by atoms with van der Waals surface area (Å²) in [6, 6.07) is 3.73. The van der Waals surface area contributed by atoms with Gasteiger partial charge in [0.1, 0.15) is 12.1 Å². The molecule has 0 aromatic carbocycles. The molecule has 4 nitrogen and oxygen atoms in total. The summed E-state index contributed by atoms with van der Waals surface area (Å²) < 4.78 is 0.901. The van der Waals surface area contributed by atoms with Crippen LogP contribution in [-0.4, -0.2) is 31.1 Å². The molecule has 1 rings (SSSR count). The molecule has 0 unspecified atom stereocenters. The smallest absolute Gasteiger partial charge is 0.266 e. The summed E-state index contributed by atoms with van der Waals surface area (Å²) in [7, 11) is 0. The van der Waals surface area contributed by atoms with Crippen LogP contribution in [0, 0.1) is 11.2 Å². The van der Waals surface area contributed by atoms with Gasteiger partial charge in [-0.25, -0.2) is 10.2 Å². The van der Waals surface area contributed by atoms with Crippen molar-refractivity contribution in [1.29, 1.82) is 5.26 Å². The second-order valence-corrected chi connectivity index (χ2v) is 4.68. The van der Waals surface area contributed by atoms with E-state index in [0.29, 0.717) is 13.1 Å². The number of carbonyl (C=O) groups excluding carboxylic acids is 1. The lowest BCUT2D eigenvalue weighted by atomic mass is 9.51. The van der Waals surface area contributed by atoms with Gasteiger partial charge >= 0.3 is 0 Å². The molecule has 0 N–H and O–H groups in total. The second kappa shape index (κ2) is 7.07. The molecule has 0 bridgehead atoms. The standard InChI is InChI=1S/C11H13BBrN3O/c1-12(9-14)4-5-16(6-7-17)11-3-2-10(13)8-15-11/h2-3,7-8H,4-6H2,1H3. The number of carbonyl (C=O) groups is 1. The minimum atomic E-state index is -0.0143. The van der Waals surface area contributed by atoms with Gasteiger partial charge in [-0.1, -0.05) is 6.82 Å². The number of hydrogen-bond acceptors (Lipinski definition) is 4. The molecule has 88 valence electrons. The van der Waals surface area contributed by atoms with Gasteiger partial charge in [0.2, 0.25) is 0 Å². The molecule has 1 aromatic rings. The minimum Gasteiger partial charge on any atom is -0.350 e. The average molecular weight is 294 g/mol. The Bertz CT molecular complexity index is 404. The first-order valence-electron chi connectivity index (χ1n) is 5.37. The average Bonchev–Trinajstić information content (AvgIpc) is 2.35. The maximum atomic E-state index is 10.6. The van der Waals surface area contributed by atoms with E-state index >= 15 is 0 Å². The quantitative estimate of drug-likeness (QED) is 0.595. The van der Waals surface area contributed by atoms with E-state index in [2.05, 4.69) is 26.9 Å². The Hall–Kier alpha value is -1.35. The lowest BCUT2D eigenvalue weighted by molar-refractivity contribution is -0.106. The first-order valence-corrected chi connectivity index (χ1v) is 6.16. The van der Waals surface area contributed by atoms with Gasteiger partial charge in [0.25, 0.3) is 6.71 Å². The number of pyridine rings is 1.